The van der Waals surface area contributed by atoms with Crippen molar-refractivity contribution in [2.45, 2.75) is 13.8 Å². The maximum atomic E-state index is 10.8. The topological polar surface area (TPSA) is 62.2 Å². The summed E-state index contributed by atoms with van der Waals surface area (Å²) >= 11 is 4.62. The van der Waals surface area contributed by atoms with Crippen molar-refractivity contribution in [2.75, 3.05) is 5.32 Å². The number of carboxylic acid groups (broad SMARTS) is 1. The molecule has 0 saturated heterocycles. The average molecular weight is 327 g/mol. The number of rotatable bonds is 3. The summed E-state index contributed by atoms with van der Waals surface area (Å²) in [4.78, 5) is 15.0. The van der Waals surface area contributed by atoms with E-state index < -0.39 is 5.97 Å². The van der Waals surface area contributed by atoms with E-state index in [1.807, 2.05) is 26.0 Å². The molecule has 2 aromatic rings. The number of hydrogen-bond acceptors (Lipinski definition) is 4. The summed E-state index contributed by atoms with van der Waals surface area (Å²) in [5.74, 6) is -0.955. The molecule has 2 N–H and O–H groups in total. The second-order valence-electron chi connectivity index (χ2n) is 3.88. The van der Waals surface area contributed by atoms with Gasteiger partial charge in [-0.25, -0.2) is 9.78 Å². The van der Waals surface area contributed by atoms with Crippen LogP contribution in [0.1, 0.15) is 20.8 Å². The fourth-order valence-corrected chi connectivity index (χ4v) is 2.48. The fraction of sp³-hybridized carbons (Fsp3) is 0.167. The van der Waals surface area contributed by atoms with E-state index in [1.54, 1.807) is 0 Å². The highest BCUT2D eigenvalue weighted by molar-refractivity contribution is 9.10. The molecule has 0 unspecified atom stereocenters. The second kappa shape index (κ2) is 5.07. The highest BCUT2D eigenvalue weighted by Gasteiger charge is 2.09. The van der Waals surface area contributed by atoms with Gasteiger partial charge in [0.05, 0.1) is 6.20 Å². The summed E-state index contributed by atoms with van der Waals surface area (Å²) in [6, 6.07) is 3.97. The van der Waals surface area contributed by atoms with Crippen LogP contribution in [0, 0.1) is 13.8 Å². The van der Waals surface area contributed by atoms with Crippen molar-refractivity contribution in [1.82, 2.24) is 4.98 Å². The molecule has 0 radical (unpaired) electrons. The lowest BCUT2D eigenvalue weighted by atomic mass is 10.1. The third kappa shape index (κ3) is 2.70. The SMILES string of the molecule is Cc1cc(Nc2ncc(C(=O)O)s2)cc(C)c1Br. The molecular formula is C12H11BrN2O2S. The third-order valence-electron chi connectivity index (χ3n) is 2.40. The van der Waals surface area contributed by atoms with Crippen LogP contribution in [-0.2, 0) is 0 Å². The van der Waals surface area contributed by atoms with E-state index in [-0.39, 0.29) is 4.88 Å². The van der Waals surface area contributed by atoms with Crippen molar-refractivity contribution in [3.63, 3.8) is 0 Å². The summed E-state index contributed by atoms with van der Waals surface area (Å²) in [6.45, 7) is 4.01. The van der Waals surface area contributed by atoms with Gasteiger partial charge in [-0.1, -0.05) is 27.3 Å². The monoisotopic (exact) mass is 326 g/mol. The summed E-state index contributed by atoms with van der Waals surface area (Å²) in [5, 5.41) is 12.5. The van der Waals surface area contributed by atoms with Crippen LogP contribution in [0.4, 0.5) is 10.8 Å². The number of aromatic nitrogens is 1. The number of hydrogen-bond donors (Lipinski definition) is 2. The molecule has 0 bridgehead atoms. The Morgan fingerprint density at radius 1 is 1.39 bits per heavy atom. The molecule has 1 aromatic carbocycles. The molecule has 2 rings (SSSR count). The Labute approximate surface area is 117 Å². The lowest BCUT2D eigenvalue weighted by Crippen LogP contribution is -1.92. The minimum absolute atomic E-state index is 0.225. The minimum atomic E-state index is -0.955. The second-order valence-corrected chi connectivity index (χ2v) is 5.71. The van der Waals surface area contributed by atoms with E-state index in [4.69, 9.17) is 5.11 Å². The molecular weight excluding hydrogens is 316 g/mol. The predicted molar refractivity (Wildman–Crippen MR) is 76.0 cm³/mol. The smallest absolute Gasteiger partial charge is 0.347 e. The van der Waals surface area contributed by atoms with Crippen molar-refractivity contribution < 1.29 is 9.90 Å². The van der Waals surface area contributed by atoms with E-state index in [0.29, 0.717) is 5.13 Å². The van der Waals surface area contributed by atoms with Crippen molar-refractivity contribution in [2.24, 2.45) is 0 Å². The number of benzene rings is 1. The molecule has 0 aliphatic heterocycles. The van der Waals surface area contributed by atoms with Gasteiger partial charge < -0.3 is 10.4 Å². The minimum Gasteiger partial charge on any atom is -0.477 e. The maximum Gasteiger partial charge on any atom is 0.347 e. The zero-order valence-electron chi connectivity index (χ0n) is 9.82. The number of aromatic carboxylic acids is 1. The molecule has 18 heavy (non-hydrogen) atoms. The molecule has 0 fully saturated rings. The molecule has 0 aliphatic rings. The zero-order chi connectivity index (χ0) is 13.3. The van der Waals surface area contributed by atoms with Gasteiger partial charge in [0.1, 0.15) is 4.88 Å². The van der Waals surface area contributed by atoms with E-state index in [1.165, 1.54) is 6.20 Å². The quantitative estimate of drug-likeness (QED) is 0.896. The van der Waals surface area contributed by atoms with Gasteiger partial charge in [0, 0.05) is 10.2 Å². The number of halogens is 1. The third-order valence-corrected chi connectivity index (χ3v) is 4.56. The molecule has 0 atom stereocenters. The Hall–Kier alpha value is -1.40. The Kier molecular flexibility index (Phi) is 3.68. The first-order chi connectivity index (χ1) is 8.47. The van der Waals surface area contributed by atoms with Crippen molar-refractivity contribution >= 4 is 44.1 Å². The van der Waals surface area contributed by atoms with Gasteiger partial charge >= 0.3 is 5.97 Å². The molecule has 0 amide bonds. The summed E-state index contributed by atoms with van der Waals surface area (Å²) < 4.78 is 1.08. The van der Waals surface area contributed by atoms with Crippen molar-refractivity contribution in [1.29, 1.82) is 0 Å². The van der Waals surface area contributed by atoms with E-state index in [2.05, 4.69) is 26.2 Å². The molecule has 4 nitrogen and oxygen atoms in total. The average Bonchev–Trinajstić information content (AvgIpc) is 2.74. The first-order valence-electron chi connectivity index (χ1n) is 5.20. The Morgan fingerprint density at radius 3 is 2.50 bits per heavy atom. The fourth-order valence-electron chi connectivity index (χ4n) is 1.57. The number of thiazole rings is 1. The normalized spacial score (nSPS) is 10.4. The van der Waals surface area contributed by atoms with Gasteiger partial charge in [0.25, 0.3) is 0 Å². The van der Waals surface area contributed by atoms with E-state index in [9.17, 15) is 4.79 Å². The molecule has 1 heterocycles. The number of aryl methyl sites for hydroxylation is 2. The van der Waals surface area contributed by atoms with Crippen LogP contribution in [0.15, 0.2) is 22.8 Å². The van der Waals surface area contributed by atoms with Gasteiger partial charge in [0.15, 0.2) is 5.13 Å². The van der Waals surface area contributed by atoms with Crippen LogP contribution >= 0.6 is 27.3 Å². The van der Waals surface area contributed by atoms with Crippen LogP contribution in [0.5, 0.6) is 0 Å². The highest BCUT2D eigenvalue weighted by Crippen LogP contribution is 2.28. The summed E-state index contributed by atoms with van der Waals surface area (Å²) in [7, 11) is 0. The molecule has 0 aliphatic carbocycles. The number of nitrogens with zero attached hydrogens (tertiary/aromatic N) is 1. The first kappa shape index (κ1) is 13.0. The number of anilines is 2. The number of carbonyl (C=O) groups is 1. The van der Waals surface area contributed by atoms with Gasteiger partial charge in [-0.3, -0.25) is 0 Å². The highest BCUT2D eigenvalue weighted by atomic mass is 79.9. The van der Waals surface area contributed by atoms with Gasteiger partial charge in [-0.05, 0) is 37.1 Å². The van der Waals surface area contributed by atoms with Gasteiger partial charge in [0.2, 0.25) is 0 Å². The van der Waals surface area contributed by atoms with Crippen molar-refractivity contribution in [3.8, 4) is 0 Å². The van der Waals surface area contributed by atoms with Gasteiger partial charge in [-0.15, -0.1) is 0 Å². The lowest BCUT2D eigenvalue weighted by molar-refractivity contribution is 0.0702. The van der Waals surface area contributed by atoms with Crippen molar-refractivity contribution in [3.05, 3.63) is 38.8 Å². The standard InChI is InChI=1S/C12H11BrN2O2S/c1-6-3-8(4-7(2)10(6)13)15-12-14-5-9(18-12)11(16)17/h3-5H,1-2H3,(H,14,15)(H,16,17). The van der Waals surface area contributed by atoms with E-state index >= 15 is 0 Å². The Morgan fingerprint density at radius 2 is 2.00 bits per heavy atom. The van der Waals surface area contributed by atoms with Crippen LogP contribution < -0.4 is 5.32 Å². The summed E-state index contributed by atoms with van der Waals surface area (Å²) in [5.41, 5.74) is 3.14. The zero-order valence-corrected chi connectivity index (χ0v) is 12.2. The summed E-state index contributed by atoms with van der Waals surface area (Å²) in [6.07, 6.45) is 1.36. The first-order valence-corrected chi connectivity index (χ1v) is 6.81. The maximum absolute atomic E-state index is 10.8. The van der Waals surface area contributed by atoms with Crippen LogP contribution in [0.3, 0.4) is 0 Å². The molecule has 1 aromatic heterocycles. The van der Waals surface area contributed by atoms with Crippen LogP contribution in [0.25, 0.3) is 0 Å². The van der Waals surface area contributed by atoms with Gasteiger partial charge in [-0.2, -0.15) is 0 Å². The Bertz CT molecular complexity index is 587. The predicted octanol–water partition coefficient (Wildman–Crippen LogP) is 3.96. The Balaban J connectivity index is 2.25. The lowest BCUT2D eigenvalue weighted by Gasteiger charge is -2.08. The van der Waals surface area contributed by atoms with Crippen LogP contribution in [0.2, 0.25) is 0 Å². The largest absolute Gasteiger partial charge is 0.477 e. The van der Waals surface area contributed by atoms with E-state index in [0.717, 1.165) is 32.6 Å². The molecule has 6 heteroatoms. The molecule has 94 valence electrons. The number of nitrogens with one attached hydrogen (secondary N) is 1. The molecule has 0 spiro atoms. The van der Waals surface area contributed by atoms with Crippen LogP contribution in [-0.4, -0.2) is 16.1 Å². The molecule has 0 saturated carbocycles. The number of carboxylic acids is 1.